The fourth-order valence-corrected chi connectivity index (χ4v) is 3.37. The fourth-order valence-electron chi connectivity index (χ4n) is 2.90. The van der Waals surface area contributed by atoms with E-state index in [9.17, 15) is 14.9 Å². The maximum absolute atomic E-state index is 12.8. The van der Waals surface area contributed by atoms with Gasteiger partial charge < -0.3 is 5.32 Å². The summed E-state index contributed by atoms with van der Waals surface area (Å²) in [6.45, 7) is 1.58. The molecular formula is C18H19N5O3S. The average molecular weight is 385 g/mol. The van der Waals surface area contributed by atoms with Crippen LogP contribution in [0.5, 0.6) is 0 Å². The van der Waals surface area contributed by atoms with Crippen LogP contribution in [-0.2, 0) is 0 Å². The summed E-state index contributed by atoms with van der Waals surface area (Å²) in [5, 5.41) is 22.5. The Bertz CT molecular complexity index is 988. The number of pyridine rings is 1. The smallest absolute Gasteiger partial charge is 0.273 e. The van der Waals surface area contributed by atoms with Crippen LogP contribution < -0.4 is 5.32 Å². The summed E-state index contributed by atoms with van der Waals surface area (Å²) in [6.07, 6.45) is 4.50. The first-order valence-electron chi connectivity index (χ1n) is 8.36. The Morgan fingerprint density at radius 3 is 2.85 bits per heavy atom. The van der Waals surface area contributed by atoms with E-state index in [1.807, 2.05) is 35.1 Å². The standard InChI is InChI=1S/C18H19N5O3S/c1-12-13(6-5-7-15(12)23(25)26)18(24)19-14(9-11-27-2)17-21-20-16-8-3-4-10-22(16)17/h3-8,10,14H,9,11H2,1-2H3,(H,19,24). The first-order chi connectivity index (χ1) is 13.0. The molecule has 1 unspecified atom stereocenters. The largest absolute Gasteiger partial charge is 0.342 e. The first kappa shape index (κ1) is 18.8. The number of thioether (sulfide) groups is 1. The predicted octanol–water partition coefficient (Wildman–Crippen LogP) is 3.17. The van der Waals surface area contributed by atoms with Gasteiger partial charge in [0.05, 0.1) is 11.0 Å². The monoisotopic (exact) mass is 385 g/mol. The summed E-state index contributed by atoms with van der Waals surface area (Å²) in [5.74, 6) is 1.09. The van der Waals surface area contributed by atoms with Crippen molar-refractivity contribution in [1.29, 1.82) is 0 Å². The zero-order valence-corrected chi connectivity index (χ0v) is 15.8. The number of hydrogen-bond acceptors (Lipinski definition) is 6. The van der Waals surface area contributed by atoms with Crippen LogP contribution in [0.3, 0.4) is 0 Å². The molecule has 3 aromatic rings. The molecule has 0 aliphatic rings. The van der Waals surface area contributed by atoms with E-state index in [1.165, 1.54) is 12.1 Å². The van der Waals surface area contributed by atoms with Gasteiger partial charge in [-0.2, -0.15) is 11.8 Å². The lowest BCUT2D eigenvalue weighted by atomic mass is 10.1. The molecule has 0 aliphatic heterocycles. The van der Waals surface area contributed by atoms with Gasteiger partial charge in [0.15, 0.2) is 11.5 Å². The normalized spacial score (nSPS) is 12.1. The van der Waals surface area contributed by atoms with Crippen LogP contribution >= 0.6 is 11.8 Å². The third kappa shape index (κ3) is 3.92. The minimum atomic E-state index is -0.483. The maximum Gasteiger partial charge on any atom is 0.273 e. The molecule has 0 radical (unpaired) electrons. The number of amides is 1. The molecule has 0 aliphatic carbocycles. The van der Waals surface area contributed by atoms with Crippen molar-refractivity contribution in [2.24, 2.45) is 0 Å². The van der Waals surface area contributed by atoms with Crippen LogP contribution in [0, 0.1) is 17.0 Å². The van der Waals surface area contributed by atoms with E-state index < -0.39 is 4.92 Å². The number of nitrogens with zero attached hydrogens (tertiary/aromatic N) is 4. The van der Waals surface area contributed by atoms with E-state index in [2.05, 4.69) is 15.5 Å². The van der Waals surface area contributed by atoms with Gasteiger partial charge in [-0.15, -0.1) is 10.2 Å². The molecule has 0 bridgehead atoms. The Balaban J connectivity index is 1.92. The molecule has 9 heteroatoms. The molecule has 0 saturated carbocycles. The zero-order valence-electron chi connectivity index (χ0n) is 15.0. The van der Waals surface area contributed by atoms with E-state index in [4.69, 9.17) is 0 Å². The number of nitro benzene ring substituents is 1. The molecule has 3 rings (SSSR count). The Morgan fingerprint density at radius 1 is 1.30 bits per heavy atom. The highest BCUT2D eigenvalue weighted by atomic mass is 32.2. The summed E-state index contributed by atoms with van der Waals surface area (Å²) in [7, 11) is 0. The number of nitro groups is 1. The molecule has 8 nitrogen and oxygen atoms in total. The minimum absolute atomic E-state index is 0.0729. The van der Waals surface area contributed by atoms with Gasteiger partial charge >= 0.3 is 0 Å². The summed E-state index contributed by atoms with van der Waals surface area (Å²) >= 11 is 1.67. The molecule has 1 aromatic carbocycles. The van der Waals surface area contributed by atoms with Crippen molar-refractivity contribution in [3.8, 4) is 0 Å². The number of hydrogen-bond donors (Lipinski definition) is 1. The molecular weight excluding hydrogens is 366 g/mol. The minimum Gasteiger partial charge on any atom is -0.342 e. The van der Waals surface area contributed by atoms with Crippen LogP contribution in [0.1, 0.15) is 34.2 Å². The molecule has 1 atom stereocenters. The van der Waals surface area contributed by atoms with Crippen molar-refractivity contribution in [2.45, 2.75) is 19.4 Å². The van der Waals surface area contributed by atoms with Gasteiger partial charge in [0.25, 0.3) is 11.6 Å². The Kier molecular flexibility index (Phi) is 5.70. The summed E-state index contributed by atoms with van der Waals surface area (Å²) in [5.41, 5.74) is 1.25. The summed E-state index contributed by atoms with van der Waals surface area (Å²) < 4.78 is 1.84. The van der Waals surface area contributed by atoms with Crippen LogP contribution in [0.25, 0.3) is 5.65 Å². The quantitative estimate of drug-likeness (QED) is 0.495. The van der Waals surface area contributed by atoms with E-state index in [-0.39, 0.29) is 23.2 Å². The van der Waals surface area contributed by atoms with E-state index in [0.717, 1.165) is 5.75 Å². The molecule has 2 heterocycles. The topological polar surface area (TPSA) is 102 Å². The van der Waals surface area contributed by atoms with Crippen LogP contribution in [-0.4, -0.2) is 37.4 Å². The van der Waals surface area contributed by atoms with E-state index >= 15 is 0 Å². The maximum atomic E-state index is 12.8. The Labute approximate surface area is 160 Å². The number of fused-ring (bicyclic) bond motifs is 1. The number of nitrogens with one attached hydrogen (secondary N) is 1. The lowest BCUT2D eigenvalue weighted by molar-refractivity contribution is -0.385. The molecule has 2 aromatic heterocycles. The number of carbonyl (C=O) groups is 1. The van der Waals surface area contributed by atoms with Crippen molar-refractivity contribution in [2.75, 3.05) is 12.0 Å². The second-order valence-corrected chi connectivity index (χ2v) is 6.99. The summed E-state index contributed by atoms with van der Waals surface area (Å²) in [4.78, 5) is 23.5. The summed E-state index contributed by atoms with van der Waals surface area (Å²) in [6, 6.07) is 9.72. The van der Waals surface area contributed by atoms with Gasteiger partial charge in [0, 0.05) is 23.4 Å². The highest BCUT2D eigenvalue weighted by Crippen LogP contribution is 2.23. The lowest BCUT2D eigenvalue weighted by Crippen LogP contribution is -2.31. The SMILES string of the molecule is CSCCC(NC(=O)c1cccc([N+](=O)[O-])c1C)c1nnc2ccccn12. The Hall–Kier alpha value is -2.94. The van der Waals surface area contributed by atoms with Gasteiger partial charge in [-0.05, 0) is 43.6 Å². The van der Waals surface area contributed by atoms with Gasteiger partial charge in [-0.25, -0.2) is 0 Å². The first-order valence-corrected chi connectivity index (χ1v) is 9.75. The van der Waals surface area contributed by atoms with E-state index in [0.29, 0.717) is 23.5 Å². The second kappa shape index (κ2) is 8.17. The van der Waals surface area contributed by atoms with Gasteiger partial charge in [0.1, 0.15) is 0 Å². The van der Waals surface area contributed by atoms with Crippen molar-refractivity contribution in [3.05, 3.63) is 69.7 Å². The average Bonchev–Trinajstić information content (AvgIpc) is 3.09. The fraction of sp³-hybridized carbons (Fsp3) is 0.278. The zero-order chi connectivity index (χ0) is 19.4. The van der Waals surface area contributed by atoms with Crippen molar-refractivity contribution < 1.29 is 9.72 Å². The molecule has 0 fully saturated rings. The molecule has 1 amide bonds. The molecule has 1 N–H and O–H groups in total. The van der Waals surface area contributed by atoms with Crippen LogP contribution in [0.2, 0.25) is 0 Å². The second-order valence-electron chi connectivity index (χ2n) is 6.00. The van der Waals surface area contributed by atoms with Crippen LogP contribution in [0.4, 0.5) is 5.69 Å². The van der Waals surface area contributed by atoms with Crippen LogP contribution in [0.15, 0.2) is 42.6 Å². The third-order valence-electron chi connectivity index (χ3n) is 4.31. The number of rotatable bonds is 7. The van der Waals surface area contributed by atoms with Crippen molar-refractivity contribution in [3.63, 3.8) is 0 Å². The number of aromatic nitrogens is 3. The number of benzene rings is 1. The lowest BCUT2D eigenvalue weighted by Gasteiger charge is -2.17. The molecule has 0 spiro atoms. The van der Waals surface area contributed by atoms with E-state index in [1.54, 1.807) is 24.8 Å². The molecule has 27 heavy (non-hydrogen) atoms. The highest BCUT2D eigenvalue weighted by Gasteiger charge is 2.23. The third-order valence-corrected chi connectivity index (χ3v) is 4.96. The predicted molar refractivity (Wildman–Crippen MR) is 104 cm³/mol. The number of carbonyl (C=O) groups excluding carboxylic acids is 1. The van der Waals surface area contributed by atoms with Crippen molar-refractivity contribution >= 4 is 29.0 Å². The highest BCUT2D eigenvalue weighted by molar-refractivity contribution is 7.98. The molecule has 140 valence electrons. The molecule has 0 saturated heterocycles. The van der Waals surface area contributed by atoms with Crippen molar-refractivity contribution in [1.82, 2.24) is 19.9 Å². The van der Waals surface area contributed by atoms with Gasteiger partial charge in [-0.3, -0.25) is 19.3 Å². The van der Waals surface area contributed by atoms with Gasteiger partial charge in [-0.1, -0.05) is 12.1 Å². The Morgan fingerprint density at radius 2 is 2.11 bits per heavy atom. The van der Waals surface area contributed by atoms with Gasteiger partial charge in [0.2, 0.25) is 0 Å².